The van der Waals surface area contributed by atoms with Gasteiger partial charge in [-0.3, -0.25) is 4.79 Å². The molecule has 1 aromatic heterocycles. The summed E-state index contributed by atoms with van der Waals surface area (Å²) in [6, 6.07) is 8.93. The predicted octanol–water partition coefficient (Wildman–Crippen LogP) is 0.592. The summed E-state index contributed by atoms with van der Waals surface area (Å²) in [7, 11) is 1.50. The molecule has 0 aliphatic carbocycles. The molecule has 3 N–H and O–H groups in total. The predicted molar refractivity (Wildman–Crippen MR) is 82.4 cm³/mol. The van der Waals surface area contributed by atoms with Gasteiger partial charge in [0.15, 0.2) is 0 Å². The molecule has 0 bridgehead atoms. The Kier molecular flexibility index (Phi) is 4.89. The molecule has 1 atom stereocenters. The maximum Gasteiger partial charge on any atom is 0.240 e. The Balaban J connectivity index is 2.13. The Hall–Kier alpha value is -2.25. The van der Waals surface area contributed by atoms with Crippen molar-refractivity contribution in [3.63, 3.8) is 0 Å². The van der Waals surface area contributed by atoms with Crippen molar-refractivity contribution < 1.29 is 9.53 Å². The van der Waals surface area contributed by atoms with Gasteiger partial charge in [-0.15, -0.1) is 5.10 Å². The molecule has 1 heterocycles. The first-order chi connectivity index (χ1) is 10.4. The lowest BCUT2D eigenvalue weighted by molar-refractivity contribution is -0.125. The summed E-state index contributed by atoms with van der Waals surface area (Å²) in [6.45, 7) is 3.87. The fraction of sp³-hybridized carbons (Fsp3) is 0.400. The number of aromatic nitrogens is 3. The minimum absolute atomic E-state index is 0.165. The molecular weight excluding hydrogens is 282 g/mol. The van der Waals surface area contributed by atoms with Crippen molar-refractivity contribution in [3.05, 3.63) is 42.2 Å². The van der Waals surface area contributed by atoms with Gasteiger partial charge in [0.25, 0.3) is 0 Å². The zero-order valence-corrected chi connectivity index (χ0v) is 13.0. The van der Waals surface area contributed by atoms with E-state index < -0.39 is 11.6 Å². The third-order valence-corrected chi connectivity index (χ3v) is 3.27. The van der Waals surface area contributed by atoms with Crippen LogP contribution in [0, 0.1) is 0 Å². The molecule has 0 spiro atoms. The molecular formula is C15H21N5O2. The van der Waals surface area contributed by atoms with Crippen molar-refractivity contribution in [2.24, 2.45) is 5.73 Å². The number of rotatable bonds is 6. The van der Waals surface area contributed by atoms with Crippen molar-refractivity contribution in [1.29, 1.82) is 0 Å². The fourth-order valence-electron chi connectivity index (χ4n) is 1.98. The topological polar surface area (TPSA) is 95.1 Å². The van der Waals surface area contributed by atoms with Crippen molar-refractivity contribution in [3.8, 4) is 5.69 Å². The molecule has 0 fully saturated rings. The van der Waals surface area contributed by atoms with E-state index in [1.54, 1.807) is 10.9 Å². The molecule has 0 aliphatic heterocycles. The molecule has 0 saturated carbocycles. The van der Waals surface area contributed by atoms with E-state index in [0.717, 1.165) is 5.69 Å². The summed E-state index contributed by atoms with van der Waals surface area (Å²) >= 11 is 0. The van der Waals surface area contributed by atoms with Gasteiger partial charge in [0.2, 0.25) is 5.91 Å². The highest BCUT2D eigenvalue weighted by Gasteiger charge is 2.28. The van der Waals surface area contributed by atoms with E-state index >= 15 is 0 Å². The summed E-state index contributed by atoms with van der Waals surface area (Å²) in [5.41, 5.74) is 6.60. The monoisotopic (exact) mass is 303 g/mol. The van der Waals surface area contributed by atoms with Gasteiger partial charge in [0.1, 0.15) is 11.7 Å². The van der Waals surface area contributed by atoms with Crippen molar-refractivity contribution in [2.45, 2.75) is 25.4 Å². The smallest absolute Gasteiger partial charge is 0.240 e. The molecule has 1 amide bonds. The lowest BCUT2D eigenvalue weighted by atomic mass is 10.0. The first-order valence-corrected chi connectivity index (χ1v) is 6.99. The standard InChI is InChI=1S/C15H21N5O2/c1-15(2,17-14(21)12(16)10-22-3)13-9-20(19-18-13)11-7-5-4-6-8-11/h4-9,12H,10,16H2,1-3H3,(H,17,21). The van der Waals surface area contributed by atoms with Gasteiger partial charge in [-0.25, -0.2) is 4.68 Å². The van der Waals surface area contributed by atoms with Crippen molar-refractivity contribution in [1.82, 2.24) is 20.3 Å². The Bertz CT molecular complexity index is 624. The summed E-state index contributed by atoms with van der Waals surface area (Å²) < 4.78 is 6.55. The number of nitrogens with two attached hydrogens (primary N) is 1. The van der Waals surface area contributed by atoms with Gasteiger partial charge >= 0.3 is 0 Å². The Morgan fingerprint density at radius 3 is 2.73 bits per heavy atom. The molecule has 7 nitrogen and oxygen atoms in total. The highest BCUT2D eigenvalue weighted by atomic mass is 16.5. The van der Waals surface area contributed by atoms with Crippen LogP contribution in [0.5, 0.6) is 0 Å². The number of hydrogen-bond donors (Lipinski definition) is 2. The van der Waals surface area contributed by atoms with Gasteiger partial charge < -0.3 is 15.8 Å². The van der Waals surface area contributed by atoms with E-state index in [9.17, 15) is 4.79 Å². The fourth-order valence-corrected chi connectivity index (χ4v) is 1.98. The maximum absolute atomic E-state index is 12.0. The lowest BCUT2D eigenvalue weighted by Gasteiger charge is -2.25. The summed E-state index contributed by atoms with van der Waals surface area (Å²) in [4.78, 5) is 12.0. The minimum atomic E-state index is -0.714. The molecule has 118 valence electrons. The number of benzene rings is 1. The average Bonchev–Trinajstić information content (AvgIpc) is 2.98. The van der Waals surface area contributed by atoms with Gasteiger partial charge in [-0.05, 0) is 26.0 Å². The van der Waals surface area contributed by atoms with Crippen LogP contribution >= 0.6 is 0 Å². The third-order valence-electron chi connectivity index (χ3n) is 3.27. The molecule has 1 aromatic carbocycles. The van der Waals surface area contributed by atoms with E-state index in [0.29, 0.717) is 5.69 Å². The van der Waals surface area contributed by atoms with Gasteiger partial charge in [0, 0.05) is 7.11 Å². The third kappa shape index (κ3) is 3.69. The van der Waals surface area contributed by atoms with Crippen LogP contribution in [0.4, 0.5) is 0 Å². The Morgan fingerprint density at radius 1 is 1.41 bits per heavy atom. The minimum Gasteiger partial charge on any atom is -0.383 e. The zero-order valence-electron chi connectivity index (χ0n) is 13.0. The molecule has 0 aliphatic rings. The van der Waals surface area contributed by atoms with Gasteiger partial charge in [0.05, 0.1) is 24.0 Å². The normalized spacial score (nSPS) is 12.9. The second kappa shape index (κ2) is 6.67. The number of ether oxygens (including phenoxy) is 1. The van der Waals surface area contributed by atoms with E-state index in [4.69, 9.17) is 10.5 Å². The number of hydrogen-bond acceptors (Lipinski definition) is 5. The van der Waals surface area contributed by atoms with Crippen molar-refractivity contribution in [2.75, 3.05) is 13.7 Å². The van der Waals surface area contributed by atoms with Crippen LogP contribution in [-0.4, -0.2) is 40.7 Å². The molecule has 2 rings (SSSR count). The number of carbonyl (C=O) groups excluding carboxylic acids is 1. The second-order valence-corrected chi connectivity index (χ2v) is 5.56. The van der Waals surface area contributed by atoms with E-state index in [2.05, 4.69) is 15.6 Å². The van der Waals surface area contributed by atoms with Crippen LogP contribution in [0.1, 0.15) is 19.5 Å². The average molecular weight is 303 g/mol. The first kappa shape index (κ1) is 16.1. The number of nitrogens with one attached hydrogen (secondary N) is 1. The SMILES string of the molecule is COCC(N)C(=O)NC(C)(C)c1cn(-c2ccccc2)nn1. The summed E-state index contributed by atoms with van der Waals surface area (Å²) in [6.07, 6.45) is 1.79. The van der Waals surface area contributed by atoms with Crippen LogP contribution in [0.3, 0.4) is 0 Å². The first-order valence-electron chi connectivity index (χ1n) is 6.99. The Morgan fingerprint density at radius 2 is 2.09 bits per heavy atom. The van der Waals surface area contributed by atoms with E-state index in [-0.39, 0.29) is 12.5 Å². The number of methoxy groups -OCH3 is 1. The van der Waals surface area contributed by atoms with Gasteiger partial charge in [-0.2, -0.15) is 0 Å². The van der Waals surface area contributed by atoms with Crippen LogP contribution < -0.4 is 11.1 Å². The quantitative estimate of drug-likeness (QED) is 0.814. The lowest BCUT2D eigenvalue weighted by Crippen LogP contribution is -2.50. The van der Waals surface area contributed by atoms with Crippen LogP contribution in [0.15, 0.2) is 36.5 Å². The highest BCUT2D eigenvalue weighted by Crippen LogP contribution is 2.18. The molecule has 7 heteroatoms. The van der Waals surface area contributed by atoms with E-state index in [1.165, 1.54) is 7.11 Å². The zero-order chi connectivity index (χ0) is 16.2. The molecule has 0 radical (unpaired) electrons. The van der Waals surface area contributed by atoms with Crippen LogP contribution in [0.25, 0.3) is 5.69 Å². The summed E-state index contributed by atoms with van der Waals surface area (Å²) in [5, 5.41) is 11.1. The number of nitrogens with zero attached hydrogens (tertiary/aromatic N) is 3. The molecule has 1 unspecified atom stereocenters. The second-order valence-electron chi connectivity index (χ2n) is 5.56. The van der Waals surface area contributed by atoms with E-state index in [1.807, 2.05) is 44.2 Å². The van der Waals surface area contributed by atoms with Gasteiger partial charge in [-0.1, -0.05) is 23.4 Å². The summed E-state index contributed by atoms with van der Waals surface area (Å²) in [5.74, 6) is -0.291. The highest BCUT2D eigenvalue weighted by molar-refractivity contribution is 5.82. The molecule has 22 heavy (non-hydrogen) atoms. The number of amides is 1. The van der Waals surface area contributed by atoms with Crippen LogP contribution in [0.2, 0.25) is 0 Å². The maximum atomic E-state index is 12.0. The Labute approximate surface area is 129 Å². The number of para-hydroxylation sites is 1. The van der Waals surface area contributed by atoms with Crippen LogP contribution in [-0.2, 0) is 15.1 Å². The largest absolute Gasteiger partial charge is 0.383 e. The molecule has 0 saturated heterocycles. The number of carbonyl (C=O) groups is 1. The molecule has 2 aromatic rings. The van der Waals surface area contributed by atoms with Crippen molar-refractivity contribution >= 4 is 5.91 Å².